The van der Waals surface area contributed by atoms with Crippen molar-refractivity contribution in [2.45, 2.75) is 51.8 Å². The van der Waals surface area contributed by atoms with Crippen molar-refractivity contribution in [2.24, 2.45) is 5.92 Å². The Morgan fingerprint density at radius 2 is 1.81 bits per heavy atom. The lowest BCUT2D eigenvalue weighted by molar-refractivity contribution is -0.125. The molecule has 0 spiro atoms. The van der Waals surface area contributed by atoms with Crippen LogP contribution in [0.15, 0.2) is 0 Å². The molecule has 4 nitrogen and oxygen atoms in total. The van der Waals surface area contributed by atoms with Gasteiger partial charge < -0.3 is 0 Å². The number of nitrogens with zero attached hydrogens (tertiary/aromatic N) is 1. The molecule has 1 atom stereocenters. The number of ketones is 1. The number of hydrogen-bond acceptors (Lipinski definition) is 3. The Bertz CT molecular complexity index is 359. The van der Waals surface area contributed by atoms with Gasteiger partial charge in [0.2, 0.25) is 10.0 Å². The Morgan fingerprint density at radius 1 is 1.25 bits per heavy atom. The van der Waals surface area contributed by atoms with Crippen LogP contribution in [0.25, 0.3) is 0 Å². The van der Waals surface area contributed by atoms with Gasteiger partial charge in [-0.3, -0.25) is 4.79 Å². The fourth-order valence-corrected chi connectivity index (χ4v) is 3.47. The van der Waals surface area contributed by atoms with Crippen molar-refractivity contribution in [1.29, 1.82) is 0 Å². The first-order valence-corrected chi connectivity index (χ1v) is 7.33. The smallest absolute Gasteiger partial charge is 0.217 e. The van der Waals surface area contributed by atoms with Crippen LogP contribution < -0.4 is 0 Å². The molecule has 1 aliphatic rings. The summed E-state index contributed by atoms with van der Waals surface area (Å²) in [5, 5.41) is -0.451. The van der Waals surface area contributed by atoms with Crippen molar-refractivity contribution in [3.05, 3.63) is 0 Å². The quantitative estimate of drug-likeness (QED) is 0.755. The summed E-state index contributed by atoms with van der Waals surface area (Å²) in [7, 11) is -3.29. The van der Waals surface area contributed by atoms with Crippen LogP contribution in [0.4, 0.5) is 0 Å². The molecule has 0 aromatic carbocycles. The van der Waals surface area contributed by atoms with Gasteiger partial charge in [0.15, 0.2) is 5.78 Å². The lowest BCUT2D eigenvalue weighted by Crippen LogP contribution is -2.44. The summed E-state index contributed by atoms with van der Waals surface area (Å²) < 4.78 is 25.5. The van der Waals surface area contributed by atoms with Gasteiger partial charge in [-0.25, -0.2) is 8.42 Å². The van der Waals surface area contributed by atoms with Crippen LogP contribution >= 0.6 is 0 Å². The Balaban J connectivity index is 2.94. The molecule has 0 unspecified atom stereocenters. The molecule has 5 heteroatoms. The highest BCUT2D eigenvalue weighted by Crippen LogP contribution is 2.25. The van der Waals surface area contributed by atoms with Gasteiger partial charge >= 0.3 is 0 Å². The molecule has 1 aliphatic heterocycles. The number of carbonyl (C=O) groups excluding carboxylic acids is 1. The van der Waals surface area contributed by atoms with E-state index in [-0.39, 0.29) is 11.7 Å². The monoisotopic (exact) mass is 247 g/mol. The molecule has 1 rings (SSSR count). The summed E-state index contributed by atoms with van der Waals surface area (Å²) in [4.78, 5) is 11.9. The van der Waals surface area contributed by atoms with Crippen molar-refractivity contribution < 1.29 is 13.2 Å². The normalized spacial score (nSPS) is 23.2. The van der Waals surface area contributed by atoms with Gasteiger partial charge in [-0.1, -0.05) is 13.8 Å². The lowest BCUT2D eigenvalue weighted by Gasteiger charge is -2.26. The molecule has 16 heavy (non-hydrogen) atoms. The van der Waals surface area contributed by atoms with Gasteiger partial charge in [-0.15, -0.1) is 0 Å². The van der Waals surface area contributed by atoms with Crippen molar-refractivity contribution >= 4 is 15.8 Å². The topological polar surface area (TPSA) is 54.5 Å². The SMILES string of the molecule is CC(C)C(=O)[C@@H]1CCCN1S(=O)(=O)C(C)C. The molecular weight excluding hydrogens is 226 g/mol. The fourth-order valence-electron chi connectivity index (χ4n) is 1.98. The van der Waals surface area contributed by atoms with Crippen LogP contribution in [0.1, 0.15) is 40.5 Å². The molecule has 1 fully saturated rings. The molecule has 1 heterocycles. The van der Waals surface area contributed by atoms with Crippen molar-refractivity contribution in [1.82, 2.24) is 4.31 Å². The average Bonchev–Trinajstić information content (AvgIpc) is 2.64. The third-order valence-corrected chi connectivity index (χ3v) is 5.31. The summed E-state index contributed by atoms with van der Waals surface area (Å²) in [5.41, 5.74) is 0. The third-order valence-electron chi connectivity index (χ3n) is 3.02. The zero-order valence-electron chi connectivity index (χ0n) is 10.4. The molecule has 0 amide bonds. The second-order valence-corrected chi connectivity index (χ2v) is 7.36. The van der Waals surface area contributed by atoms with E-state index in [9.17, 15) is 13.2 Å². The fraction of sp³-hybridized carbons (Fsp3) is 0.909. The summed E-state index contributed by atoms with van der Waals surface area (Å²) in [6.07, 6.45) is 1.46. The Morgan fingerprint density at radius 3 is 2.25 bits per heavy atom. The van der Waals surface area contributed by atoms with Crippen molar-refractivity contribution in [3.63, 3.8) is 0 Å². The van der Waals surface area contributed by atoms with E-state index in [4.69, 9.17) is 0 Å². The highest BCUT2D eigenvalue weighted by Gasteiger charge is 2.40. The molecule has 0 radical (unpaired) electrons. The van der Waals surface area contributed by atoms with Gasteiger partial charge in [-0.05, 0) is 26.7 Å². The van der Waals surface area contributed by atoms with Gasteiger partial charge in [-0.2, -0.15) is 4.31 Å². The van der Waals surface area contributed by atoms with Crippen LogP contribution in [-0.2, 0) is 14.8 Å². The van der Waals surface area contributed by atoms with Gasteiger partial charge in [0.1, 0.15) is 0 Å². The zero-order chi connectivity index (χ0) is 12.5. The maximum Gasteiger partial charge on any atom is 0.217 e. The highest BCUT2D eigenvalue weighted by molar-refractivity contribution is 7.89. The molecule has 94 valence electrons. The first-order valence-electron chi connectivity index (χ1n) is 5.83. The van der Waals surface area contributed by atoms with E-state index in [1.54, 1.807) is 13.8 Å². The number of rotatable bonds is 4. The van der Waals surface area contributed by atoms with E-state index < -0.39 is 21.3 Å². The van der Waals surface area contributed by atoms with Gasteiger partial charge in [0, 0.05) is 12.5 Å². The van der Waals surface area contributed by atoms with Crippen LogP contribution in [0.3, 0.4) is 0 Å². The largest absolute Gasteiger partial charge is 0.298 e. The minimum atomic E-state index is -3.29. The Hall–Kier alpha value is -0.420. The second-order valence-electron chi connectivity index (χ2n) is 4.92. The van der Waals surface area contributed by atoms with E-state index in [1.807, 2.05) is 13.8 Å². The van der Waals surface area contributed by atoms with E-state index in [0.29, 0.717) is 13.0 Å². The Kier molecular flexibility index (Phi) is 4.12. The van der Waals surface area contributed by atoms with E-state index >= 15 is 0 Å². The summed E-state index contributed by atoms with van der Waals surface area (Å²) in [6.45, 7) is 7.44. The molecule has 0 aromatic heterocycles. The molecular formula is C11H21NO3S. The molecule has 0 saturated carbocycles. The average molecular weight is 247 g/mol. The maximum absolute atomic E-state index is 12.0. The first kappa shape index (κ1) is 13.6. The molecule has 0 N–H and O–H groups in total. The zero-order valence-corrected chi connectivity index (χ0v) is 11.3. The van der Waals surface area contributed by atoms with Crippen LogP contribution in [0, 0.1) is 5.92 Å². The summed E-state index contributed by atoms with van der Waals surface area (Å²) >= 11 is 0. The summed E-state index contributed by atoms with van der Waals surface area (Å²) in [5.74, 6) is -0.0605. The van der Waals surface area contributed by atoms with Crippen molar-refractivity contribution in [2.75, 3.05) is 6.54 Å². The van der Waals surface area contributed by atoms with Gasteiger partial charge in [0.05, 0.1) is 11.3 Å². The number of Topliss-reactive ketones (excluding diaryl/α,β-unsaturated/α-hetero) is 1. The van der Waals surface area contributed by atoms with Crippen LogP contribution in [-0.4, -0.2) is 36.3 Å². The minimum absolute atomic E-state index is 0.0433. The predicted octanol–water partition coefficient (Wildman–Crippen LogP) is 1.41. The van der Waals surface area contributed by atoms with Crippen molar-refractivity contribution in [3.8, 4) is 0 Å². The van der Waals surface area contributed by atoms with E-state index in [2.05, 4.69) is 0 Å². The predicted molar refractivity (Wildman–Crippen MR) is 63.6 cm³/mol. The maximum atomic E-state index is 12.0. The molecule has 0 bridgehead atoms. The van der Waals surface area contributed by atoms with Gasteiger partial charge in [0.25, 0.3) is 0 Å². The first-order chi connectivity index (χ1) is 7.28. The number of sulfonamides is 1. The minimum Gasteiger partial charge on any atom is -0.298 e. The lowest BCUT2D eigenvalue weighted by atomic mass is 10.0. The standard InChI is InChI=1S/C11H21NO3S/c1-8(2)11(13)10-6-5-7-12(10)16(14,15)9(3)4/h8-10H,5-7H2,1-4H3/t10-/m0/s1. The number of carbonyl (C=O) groups is 1. The highest BCUT2D eigenvalue weighted by atomic mass is 32.2. The van der Waals surface area contributed by atoms with E-state index in [0.717, 1.165) is 6.42 Å². The van der Waals surface area contributed by atoms with Crippen LogP contribution in [0.2, 0.25) is 0 Å². The summed E-state index contributed by atoms with van der Waals surface area (Å²) in [6, 6.07) is -0.424. The molecule has 0 aliphatic carbocycles. The molecule has 1 saturated heterocycles. The van der Waals surface area contributed by atoms with E-state index in [1.165, 1.54) is 4.31 Å². The Labute approximate surface area is 98.1 Å². The molecule has 0 aromatic rings. The third kappa shape index (κ3) is 2.46. The second kappa shape index (κ2) is 4.84. The number of hydrogen-bond donors (Lipinski definition) is 0. The van der Waals surface area contributed by atoms with Crippen LogP contribution in [0.5, 0.6) is 0 Å².